The Hall–Kier alpha value is -2.38. The van der Waals surface area contributed by atoms with Crippen LogP contribution in [0, 0.1) is 0 Å². The molecular weight excluding hydrogens is 322 g/mol. The highest BCUT2D eigenvalue weighted by Crippen LogP contribution is 2.27. The van der Waals surface area contributed by atoms with E-state index >= 15 is 0 Å². The zero-order valence-corrected chi connectivity index (χ0v) is 14.3. The summed E-state index contributed by atoms with van der Waals surface area (Å²) in [6.07, 6.45) is 2.69. The maximum atomic E-state index is 12.2. The van der Waals surface area contributed by atoms with Gasteiger partial charge in [-0.3, -0.25) is 4.90 Å². The van der Waals surface area contributed by atoms with Gasteiger partial charge in [0.25, 0.3) is 0 Å². The molecule has 1 amide bonds. The molecule has 1 aromatic heterocycles. The first-order valence-corrected chi connectivity index (χ1v) is 8.33. The zero-order valence-electron chi connectivity index (χ0n) is 14.3. The van der Waals surface area contributed by atoms with E-state index in [4.69, 9.17) is 13.9 Å². The van der Waals surface area contributed by atoms with Crippen LogP contribution in [0.25, 0.3) is 0 Å². The van der Waals surface area contributed by atoms with Gasteiger partial charge < -0.3 is 19.2 Å². The van der Waals surface area contributed by atoms with Crippen molar-refractivity contribution >= 4 is 6.09 Å². The van der Waals surface area contributed by atoms with Crippen molar-refractivity contribution in [2.45, 2.75) is 18.6 Å². The smallest absolute Gasteiger partial charge is 0.407 e. The van der Waals surface area contributed by atoms with Crippen molar-refractivity contribution in [1.29, 1.82) is 0 Å². The number of alkyl carbamates (subject to hydrolysis) is 1. The van der Waals surface area contributed by atoms with Gasteiger partial charge in [0.2, 0.25) is 0 Å². The molecule has 2 heterocycles. The number of benzene rings is 1. The number of likely N-dealkylation sites (tertiary alicyclic amines) is 1. The fourth-order valence-electron chi connectivity index (χ4n) is 3.05. The van der Waals surface area contributed by atoms with Gasteiger partial charge in [0.1, 0.15) is 12.4 Å². The highest BCUT2D eigenvalue weighted by Gasteiger charge is 2.36. The molecule has 1 aromatic carbocycles. The minimum atomic E-state index is -0.424. The lowest BCUT2D eigenvalue weighted by molar-refractivity contribution is 0.134. The summed E-state index contributed by atoms with van der Waals surface area (Å²) in [4.78, 5) is 18.4. The van der Waals surface area contributed by atoms with E-state index in [1.807, 2.05) is 30.3 Å². The first-order valence-electron chi connectivity index (χ1n) is 8.33. The molecule has 1 N–H and O–H groups in total. The van der Waals surface area contributed by atoms with Crippen LogP contribution in [0.1, 0.15) is 17.2 Å². The average molecular weight is 345 g/mol. The van der Waals surface area contributed by atoms with Gasteiger partial charge in [0.05, 0.1) is 24.8 Å². The fourth-order valence-corrected chi connectivity index (χ4v) is 3.05. The van der Waals surface area contributed by atoms with E-state index in [-0.39, 0.29) is 18.6 Å². The topological polar surface area (TPSA) is 76.8 Å². The van der Waals surface area contributed by atoms with E-state index in [1.165, 1.54) is 6.39 Å². The van der Waals surface area contributed by atoms with Crippen molar-refractivity contribution in [3.05, 3.63) is 54.2 Å². The van der Waals surface area contributed by atoms with E-state index in [9.17, 15) is 4.79 Å². The Morgan fingerprint density at radius 1 is 1.36 bits per heavy atom. The summed E-state index contributed by atoms with van der Waals surface area (Å²) in [7, 11) is 1.68. The lowest BCUT2D eigenvalue weighted by Crippen LogP contribution is -2.40. The lowest BCUT2D eigenvalue weighted by atomic mass is 10.0. The Morgan fingerprint density at radius 3 is 2.92 bits per heavy atom. The van der Waals surface area contributed by atoms with Gasteiger partial charge in [-0.05, 0) is 5.56 Å². The van der Waals surface area contributed by atoms with Gasteiger partial charge in [-0.25, -0.2) is 9.78 Å². The van der Waals surface area contributed by atoms with Crippen molar-refractivity contribution < 1.29 is 18.7 Å². The zero-order chi connectivity index (χ0) is 17.5. The second-order valence-electron chi connectivity index (χ2n) is 6.08. The fraction of sp³-hybridized carbons (Fsp3) is 0.444. The van der Waals surface area contributed by atoms with Crippen LogP contribution < -0.4 is 5.32 Å². The molecule has 3 rings (SSSR count). The number of amides is 1. The summed E-state index contributed by atoms with van der Waals surface area (Å²) in [5.74, 6) is 0.817. The number of hydrogen-bond donors (Lipinski definition) is 1. The van der Waals surface area contributed by atoms with Gasteiger partial charge in [0.15, 0.2) is 6.39 Å². The van der Waals surface area contributed by atoms with Crippen molar-refractivity contribution in [3.63, 3.8) is 0 Å². The first-order chi connectivity index (χ1) is 12.3. The molecule has 0 spiro atoms. The van der Waals surface area contributed by atoms with Gasteiger partial charge >= 0.3 is 6.09 Å². The number of aromatic nitrogens is 1. The second kappa shape index (κ2) is 8.64. The number of ether oxygens (including phenoxy) is 2. The largest absolute Gasteiger partial charge is 0.448 e. The molecule has 25 heavy (non-hydrogen) atoms. The standard InChI is InChI=1S/C18H23N3O4/c1-23-8-7-21-10-15(17-9-19-13-25-17)16(11-21)20-18(22)24-12-14-5-3-2-4-6-14/h2-6,9,13,15-16H,7-8,10-12H2,1H3,(H,20,22)/t15-,16-/m0/s1. The summed E-state index contributed by atoms with van der Waals surface area (Å²) < 4.78 is 15.9. The Kier molecular flexibility index (Phi) is 6.03. The van der Waals surface area contributed by atoms with Crippen LogP contribution in [-0.4, -0.2) is 55.4 Å². The lowest BCUT2D eigenvalue weighted by Gasteiger charge is -2.18. The third-order valence-electron chi connectivity index (χ3n) is 4.34. The van der Waals surface area contributed by atoms with Gasteiger partial charge in [0, 0.05) is 26.7 Å². The van der Waals surface area contributed by atoms with E-state index in [2.05, 4.69) is 15.2 Å². The van der Waals surface area contributed by atoms with E-state index in [0.29, 0.717) is 6.61 Å². The molecule has 0 radical (unpaired) electrons. The monoisotopic (exact) mass is 345 g/mol. The van der Waals surface area contributed by atoms with Crippen molar-refractivity contribution in [1.82, 2.24) is 15.2 Å². The number of carbonyl (C=O) groups excluding carboxylic acids is 1. The molecule has 0 unspecified atom stereocenters. The Balaban J connectivity index is 1.57. The Morgan fingerprint density at radius 2 is 2.20 bits per heavy atom. The van der Waals surface area contributed by atoms with Crippen LogP contribution in [0.5, 0.6) is 0 Å². The molecule has 1 aliphatic rings. The summed E-state index contributed by atoms with van der Waals surface area (Å²) in [6.45, 7) is 3.20. The number of rotatable bonds is 7. The average Bonchev–Trinajstić information content (AvgIpc) is 3.29. The number of nitrogens with one attached hydrogen (secondary N) is 1. The minimum Gasteiger partial charge on any atom is -0.448 e. The number of oxazole rings is 1. The predicted molar refractivity (Wildman–Crippen MR) is 91.1 cm³/mol. The molecule has 1 fully saturated rings. The molecule has 7 nitrogen and oxygen atoms in total. The predicted octanol–water partition coefficient (Wildman–Crippen LogP) is 2.02. The van der Waals surface area contributed by atoms with Gasteiger partial charge in [-0.15, -0.1) is 0 Å². The number of carbonyl (C=O) groups is 1. The molecule has 134 valence electrons. The maximum absolute atomic E-state index is 12.2. The van der Waals surface area contributed by atoms with Crippen LogP contribution in [0.3, 0.4) is 0 Å². The van der Waals surface area contributed by atoms with Crippen LogP contribution in [0.15, 0.2) is 47.3 Å². The normalized spacial score (nSPS) is 20.5. The van der Waals surface area contributed by atoms with Crippen LogP contribution >= 0.6 is 0 Å². The van der Waals surface area contributed by atoms with Gasteiger partial charge in [-0.1, -0.05) is 30.3 Å². The molecule has 2 atom stereocenters. The van der Waals surface area contributed by atoms with Crippen molar-refractivity contribution in [2.75, 3.05) is 33.4 Å². The number of nitrogens with zero attached hydrogens (tertiary/aromatic N) is 2. The van der Waals surface area contributed by atoms with Crippen molar-refractivity contribution in [3.8, 4) is 0 Å². The highest BCUT2D eigenvalue weighted by molar-refractivity contribution is 5.68. The molecule has 0 bridgehead atoms. The van der Waals surface area contributed by atoms with E-state index in [1.54, 1.807) is 13.3 Å². The Labute approximate surface area is 146 Å². The minimum absolute atomic E-state index is 0.0450. The van der Waals surface area contributed by atoms with E-state index < -0.39 is 6.09 Å². The Bertz CT molecular complexity index is 648. The molecule has 2 aromatic rings. The highest BCUT2D eigenvalue weighted by atomic mass is 16.5. The molecule has 1 saturated heterocycles. The maximum Gasteiger partial charge on any atom is 0.407 e. The molecule has 0 aliphatic carbocycles. The summed E-state index contributed by atoms with van der Waals surface area (Å²) in [6, 6.07) is 9.52. The SMILES string of the molecule is COCCN1C[C@H](NC(=O)OCc2ccccc2)[C@@H](c2cnco2)C1. The third-order valence-corrected chi connectivity index (χ3v) is 4.34. The first kappa shape index (κ1) is 17.4. The number of methoxy groups -OCH3 is 1. The quantitative estimate of drug-likeness (QED) is 0.827. The number of hydrogen-bond acceptors (Lipinski definition) is 6. The summed E-state index contributed by atoms with van der Waals surface area (Å²) in [5, 5.41) is 2.96. The summed E-state index contributed by atoms with van der Waals surface area (Å²) >= 11 is 0. The third kappa shape index (κ3) is 4.80. The molecular formula is C18H23N3O4. The molecule has 0 saturated carbocycles. The van der Waals surface area contributed by atoms with E-state index in [0.717, 1.165) is 31.0 Å². The van der Waals surface area contributed by atoms with Gasteiger partial charge in [-0.2, -0.15) is 0 Å². The second-order valence-corrected chi connectivity index (χ2v) is 6.08. The molecule has 1 aliphatic heterocycles. The summed E-state index contributed by atoms with van der Waals surface area (Å²) in [5.41, 5.74) is 0.956. The van der Waals surface area contributed by atoms with Crippen LogP contribution in [-0.2, 0) is 16.1 Å². The van der Waals surface area contributed by atoms with Crippen molar-refractivity contribution in [2.24, 2.45) is 0 Å². The van der Waals surface area contributed by atoms with Crippen LogP contribution in [0.2, 0.25) is 0 Å². The molecule has 7 heteroatoms. The van der Waals surface area contributed by atoms with Crippen LogP contribution in [0.4, 0.5) is 4.79 Å².